The van der Waals surface area contributed by atoms with Crippen LogP contribution in [-0.4, -0.2) is 33.5 Å². The van der Waals surface area contributed by atoms with Crippen molar-refractivity contribution in [3.63, 3.8) is 0 Å². The Morgan fingerprint density at radius 2 is 1.59 bits per heavy atom. The zero-order valence-electron chi connectivity index (χ0n) is 19.5. The number of amides is 1. The van der Waals surface area contributed by atoms with Crippen LogP contribution in [0, 0.1) is 0 Å². The maximum absolute atomic E-state index is 12.9. The number of carbonyl (C=O) groups excluding carboxylic acids is 2. The summed E-state index contributed by atoms with van der Waals surface area (Å²) in [6.07, 6.45) is -4.49. The first-order valence-electron chi connectivity index (χ1n) is 10.9. The van der Waals surface area contributed by atoms with E-state index < -0.39 is 27.7 Å². The number of hydrogen-bond acceptors (Lipinski definition) is 6. The van der Waals surface area contributed by atoms with Crippen LogP contribution in [0.25, 0.3) is 0 Å². The molecule has 0 saturated heterocycles. The Morgan fingerprint density at radius 1 is 0.919 bits per heavy atom. The summed E-state index contributed by atoms with van der Waals surface area (Å²) in [5, 5.41) is 2.63. The fraction of sp³-hybridized carbons (Fsp3) is 0.200. The van der Waals surface area contributed by atoms with Crippen molar-refractivity contribution in [1.29, 1.82) is 0 Å². The number of ether oxygens (including phenoxy) is 2. The van der Waals surface area contributed by atoms with Gasteiger partial charge in [0.2, 0.25) is 0 Å². The fourth-order valence-corrected chi connectivity index (χ4v) is 4.17. The fourth-order valence-electron chi connectivity index (χ4n) is 3.12. The summed E-state index contributed by atoms with van der Waals surface area (Å²) < 4.78 is 76.0. The Morgan fingerprint density at radius 3 is 2.22 bits per heavy atom. The summed E-state index contributed by atoms with van der Waals surface area (Å²) >= 11 is 0. The van der Waals surface area contributed by atoms with Crippen LogP contribution in [0.1, 0.15) is 18.1 Å². The van der Waals surface area contributed by atoms with Crippen LogP contribution >= 0.6 is 0 Å². The number of halogens is 3. The molecule has 0 atom stereocenters. The van der Waals surface area contributed by atoms with Gasteiger partial charge in [0, 0.05) is 11.4 Å². The average molecular weight is 537 g/mol. The minimum Gasteiger partial charge on any atom is -0.484 e. The molecule has 0 aliphatic carbocycles. The SMILES string of the molecule is CCOC(=O)Cc1ccc(NC(=O)COc2ccc(S(=O)(=O)Nc3cccc(C(F)(F)F)c3)cc2)cc1. The molecule has 0 fully saturated rings. The quantitative estimate of drug-likeness (QED) is 0.366. The van der Waals surface area contributed by atoms with E-state index in [2.05, 4.69) is 10.0 Å². The van der Waals surface area contributed by atoms with Gasteiger partial charge in [-0.1, -0.05) is 18.2 Å². The van der Waals surface area contributed by atoms with Crippen LogP contribution in [0.4, 0.5) is 24.5 Å². The third-order valence-electron chi connectivity index (χ3n) is 4.84. The van der Waals surface area contributed by atoms with Gasteiger partial charge in [-0.05, 0) is 67.1 Å². The summed E-state index contributed by atoms with van der Waals surface area (Å²) in [4.78, 5) is 23.5. The second-order valence-corrected chi connectivity index (χ2v) is 9.35. The lowest BCUT2D eigenvalue weighted by atomic mass is 10.1. The smallest absolute Gasteiger partial charge is 0.416 e. The zero-order valence-corrected chi connectivity index (χ0v) is 20.4. The highest BCUT2D eigenvalue weighted by molar-refractivity contribution is 7.92. The molecule has 196 valence electrons. The molecule has 8 nitrogen and oxygen atoms in total. The number of esters is 1. The van der Waals surface area contributed by atoms with E-state index in [1.807, 2.05) is 0 Å². The van der Waals surface area contributed by atoms with Crippen LogP contribution in [0.3, 0.4) is 0 Å². The van der Waals surface area contributed by atoms with E-state index in [0.717, 1.165) is 17.7 Å². The van der Waals surface area contributed by atoms with E-state index in [0.29, 0.717) is 18.4 Å². The van der Waals surface area contributed by atoms with Gasteiger partial charge in [0.05, 0.1) is 23.5 Å². The molecule has 1 amide bonds. The predicted octanol–water partition coefficient (Wildman–Crippen LogP) is 4.63. The lowest BCUT2D eigenvalue weighted by Gasteiger charge is -2.12. The van der Waals surface area contributed by atoms with Crippen molar-refractivity contribution < 1.29 is 40.7 Å². The number of anilines is 2. The molecule has 0 bridgehead atoms. The molecular weight excluding hydrogens is 513 g/mol. The summed E-state index contributed by atoms with van der Waals surface area (Å²) in [5.74, 6) is -0.614. The standard InChI is InChI=1S/C25H23F3N2O6S/c1-2-35-24(32)14-17-6-8-19(9-7-17)29-23(31)16-36-21-10-12-22(13-11-21)37(33,34)30-20-5-3-4-18(15-20)25(26,27)28/h3-13,15,30H,2,14,16H2,1H3,(H,29,31). The molecule has 2 N–H and O–H groups in total. The number of hydrogen-bond donors (Lipinski definition) is 2. The van der Waals surface area contributed by atoms with E-state index in [4.69, 9.17) is 9.47 Å². The number of alkyl halides is 3. The first kappa shape index (κ1) is 27.5. The molecule has 3 aromatic carbocycles. The molecule has 0 saturated carbocycles. The molecule has 37 heavy (non-hydrogen) atoms. The summed E-state index contributed by atoms with van der Waals surface area (Å²) in [6.45, 7) is 1.65. The van der Waals surface area contributed by atoms with Gasteiger partial charge in [-0.2, -0.15) is 13.2 Å². The second-order valence-electron chi connectivity index (χ2n) is 7.67. The molecule has 3 rings (SSSR count). The molecule has 0 aromatic heterocycles. The Hall–Kier alpha value is -4.06. The van der Waals surface area contributed by atoms with Gasteiger partial charge in [-0.3, -0.25) is 14.3 Å². The molecule has 0 heterocycles. The van der Waals surface area contributed by atoms with Gasteiger partial charge in [-0.25, -0.2) is 8.42 Å². The van der Waals surface area contributed by atoms with Crippen molar-refractivity contribution in [2.45, 2.75) is 24.4 Å². The van der Waals surface area contributed by atoms with Crippen molar-refractivity contribution >= 4 is 33.3 Å². The van der Waals surface area contributed by atoms with Gasteiger partial charge >= 0.3 is 12.1 Å². The van der Waals surface area contributed by atoms with Gasteiger partial charge < -0.3 is 14.8 Å². The third-order valence-corrected chi connectivity index (χ3v) is 6.23. The van der Waals surface area contributed by atoms with Crippen molar-refractivity contribution in [1.82, 2.24) is 0 Å². The molecule has 12 heteroatoms. The van der Waals surface area contributed by atoms with E-state index in [1.54, 1.807) is 31.2 Å². The number of nitrogens with one attached hydrogen (secondary N) is 2. The van der Waals surface area contributed by atoms with Crippen LogP contribution in [-0.2, 0) is 36.9 Å². The monoisotopic (exact) mass is 536 g/mol. The summed E-state index contributed by atoms with van der Waals surface area (Å²) in [7, 11) is -4.16. The predicted molar refractivity (Wildman–Crippen MR) is 130 cm³/mol. The maximum Gasteiger partial charge on any atom is 0.416 e. The highest BCUT2D eigenvalue weighted by Gasteiger charge is 2.30. The third kappa shape index (κ3) is 8.24. The molecular formula is C25H23F3N2O6S. The van der Waals surface area contributed by atoms with Crippen molar-refractivity contribution in [3.05, 3.63) is 83.9 Å². The molecule has 3 aromatic rings. The molecule has 0 aliphatic heterocycles. The van der Waals surface area contributed by atoms with Gasteiger partial charge in [0.15, 0.2) is 6.61 Å². The molecule has 0 radical (unpaired) electrons. The molecule has 0 aliphatic rings. The minimum atomic E-state index is -4.61. The number of carbonyl (C=O) groups is 2. The summed E-state index contributed by atoms with van der Waals surface area (Å²) in [6, 6.07) is 15.5. The van der Waals surface area contributed by atoms with Crippen LogP contribution in [0.2, 0.25) is 0 Å². The van der Waals surface area contributed by atoms with Crippen LogP contribution in [0.5, 0.6) is 5.75 Å². The molecule has 0 unspecified atom stereocenters. The van der Waals surface area contributed by atoms with Crippen molar-refractivity contribution in [2.24, 2.45) is 0 Å². The van der Waals surface area contributed by atoms with E-state index in [9.17, 15) is 31.2 Å². The zero-order chi connectivity index (χ0) is 27.1. The van der Waals surface area contributed by atoms with Crippen molar-refractivity contribution in [2.75, 3.05) is 23.3 Å². The number of benzene rings is 3. The van der Waals surface area contributed by atoms with Crippen LogP contribution < -0.4 is 14.8 Å². The lowest BCUT2D eigenvalue weighted by Crippen LogP contribution is -2.20. The second kappa shape index (κ2) is 11.8. The van der Waals surface area contributed by atoms with E-state index in [1.165, 1.54) is 30.3 Å². The number of sulfonamides is 1. The molecule has 0 spiro atoms. The highest BCUT2D eigenvalue weighted by atomic mass is 32.2. The first-order valence-corrected chi connectivity index (χ1v) is 12.4. The van der Waals surface area contributed by atoms with Gasteiger partial charge in [-0.15, -0.1) is 0 Å². The van der Waals surface area contributed by atoms with Gasteiger partial charge in [0.25, 0.3) is 15.9 Å². The maximum atomic E-state index is 12.9. The van der Waals surface area contributed by atoms with Crippen LogP contribution in [0.15, 0.2) is 77.7 Å². The minimum absolute atomic E-state index is 0.117. The summed E-state index contributed by atoms with van der Waals surface area (Å²) in [5.41, 5.74) is -0.00306. The lowest BCUT2D eigenvalue weighted by molar-refractivity contribution is -0.142. The Bertz CT molecular complexity index is 1340. The van der Waals surface area contributed by atoms with E-state index in [-0.39, 0.29) is 35.3 Å². The Labute approximate surface area is 211 Å². The van der Waals surface area contributed by atoms with Crippen molar-refractivity contribution in [3.8, 4) is 5.75 Å². The normalized spacial score (nSPS) is 11.5. The first-order chi connectivity index (χ1) is 17.5. The van der Waals surface area contributed by atoms with E-state index >= 15 is 0 Å². The largest absolute Gasteiger partial charge is 0.484 e. The van der Waals surface area contributed by atoms with Gasteiger partial charge in [0.1, 0.15) is 5.75 Å². The number of rotatable bonds is 10. The average Bonchev–Trinajstić information content (AvgIpc) is 2.84. The Kier molecular flexibility index (Phi) is 8.77. The highest BCUT2D eigenvalue weighted by Crippen LogP contribution is 2.31. The Balaban J connectivity index is 1.53. The topological polar surface area (TPSA) is 111 Å².